The number of ether oxygens (including phenoxy) is 2. The number of halogens is 1. The van der Waals surface area contributed by atoms with E-state index < -0.39 is 0 Å². The lowest BCUT2D eigenvalue weighted by atomic mass is 10.1. The Morgan fingerprint density at radius 1 is 1.20 bits per heavy atom. The van der Waals surface area contributed by atoms with Crippen molar-refractivity contribution in [1.82, 2.24) is 10.6 Å². The first-order chi connectivity index (χ1) is 14.2. The van der Waals surface area contributed by atoms with Crippen LogP contribution >= 0.6 is 35.3 Å². The minimum absolute atomic E-state index is 0. The van der Waals surface area contributed by atoms with Crippen LogP contribution in [-0.4, -0.2) is 38.4 Å². The van der Waals surface area contributed by atoms with Gasteiger partial charge in [-0.3, -0.25) is 0 Å². The van der Waals surface area contributed by atoms with Gasteiger partial charge in [0, 0.05) is 37.1 Å². The molecule has 1 fully saturated rings. The van der Waals surface area contributed by atoms with E-state index in [1.165, 1.54) is 16.0 Å². The Labute approximate surface area is 201 Å². The highest BCUT2D eigenvalue weighted by Crippen LogP contribution is 2.19. The maximum Gasteiger partial charge on any atom is 0.191 e. The molecule has 1 aromatic carbocycles. The Morgan fingerprint density at radius 3 is 2.73 bits per heavy atom. The summed E-state index contributed by atoms with van der Waals surface area (Å²) < 4.78 is 11.4. The summed E-state index contributed by atoms with van der Waals surface area (Å²) in [6, 6.07) is 12.8. The van der Waals surface area contributed by atoms with E-state index in [0.29, 0.717) is 25.2 Å². The van der Waals surface area contributed by atoms with Gasteiger partial charge < -0.3 is 20.1 Å². The highest BCUT2D eigenvalue weighted by molar-refractivity contribution is 14.0. The summed E-state index contributed by atoms with van der Waals surface area (Å²) in [5.41, 5.74) is 2.40. The van der Waals surface area contributed by atoms with Gasteiger partial charge in [-0.05, 0) is 42.3 Å². The lowest BCUT2D eigenvalue weighted by molar-refractivity contribution is -0.0390. The van der Waals surface area contributed by atoms with Crippen LogP contribution in [0.3, 0.4) is 0 Å². The van der Waals surface area contributed by atoms with E-state index in [1.807, 2.05) is 0 Å². The number of aliphatic imine (C=N–C) groups is 1. The smallest absolute Gasteiger partial charge is 0.191 e. The normalized spacial score (nSPS) is 16.0. The second kappa shape index (κ2) is 14.0. The van der Waals surface area contributed by atoms with Gasteiger partial charge in [0.15, 0.2) is 5.96 Å². The summed E-state index contributed by atoms with van der Waals surface area (Å²) in [5.74, 6) is 1.32. The molecule has 0 amide bonds. The molecule has 7 heteroatoms. The van der Waals surface area contributed by atoms with Crippen LogP contribution in [0.5, 0.6) is 0 Å². The summed E-state index contributed by atoms with van der Waals surface area (Å²) in [5, 5.41) is 8.94. The average molecular weight is 544 g/mol. The third-order valence-electron chi connectivity index (χ3n) is 5.01. The van der Waals surface area contributed by atoms with Crippen molar-refractivity contribution in [1.29, 1.82) is 0 Å². The molecule has 0 saturated carbocycles. The summed E-state index contributed by atoms with van der Waals surface area (Å²) in [6.07, 6.45) is 2.30. The Bertz CT molecular complexity index is 749. The number of nitrogens with zero attached hydrogens (tertiary/aromatic N) is 1. The van der Waals surface area contributed by atoms with Crippen molar-refractivity contribution in [2.75, 3.05) is 26.3 Å². The summed E-state index contributed by atoms with van der Waals surface area (Å²) in [6.45, 7) is 8.96. The quantitative estimate of drug-likeness (QED) is 0.268. The molecule has 0 radical (unpaired) electrons. The molecule has 0 spiro atoms. The number of hydrogen-bond acceptors (Lipinski definition) is 4. The summed E-state index contributed by atoms with van der Waals surface area (Å²) in [7, 11) is 0. The van der Waals surface area contributed by atoms with Crippen LogP contribution in [0, 0.1) is 0 Å². The standard InChI is InChI=1S/C23H33N3O2S.HI/c1-3-24-23(25-15-18(2)22-8-5-13-29-22)26-16-19-6-4-7-20(14-19)17-28-21-9-11-27-12-10-21;/h4-8,13-14,18,21H,3,9-12,15-17H2,1-2H3,(H2,24,25,26);1H. The molecule has 1 aliphatic rings. The van der Waals surface area contributed by atoms with Crippen molar-refractivity contribution in [2.45, 2.75) is 51.9 Å². The van der Waals surface area contributed by atoms with Crippen LogP contribution in [0.25, 0.3) is 0 Å². The fraction of sp³-hybridized carbons (Fsp3) is 0.522. The molecule has 3 rings (SSSR count). The van der Waals surface area contributed by atoms with E-state index in [-0.39, 0.29) is 24.0 Å². The van der Waals surface area contributed by atoms with Crippen molar-refractivity contribution in [3.63, 3.8) is 0 Å². The molecular formula is C23H34IN3O2S. The van der Waals surface area contributed by atoms with E-state index in [0.717, 1.165) is 45.1 Å². The molecule has 1 aromatic heterocycles. The van der Waals surface area contributed by atoms with Gasteiger partial charge in [0.2, 0.25) is 0 Å². The van der Waals surface area contributed by atoms with Gasteiger partial charge in [0.25, 0.3) is 0 Å². The van der Waals surface area contributed by atoms with Gasteiger partial charge in [-0.15, -0.1) is 35.3 Å². The van der Waals surface area contributed by atoms with Crippen molar-refractivity contribution in [3.05, 3.63) is 57.8 Å². The molecule has 166 valence electrons. The average Bonchev–Trinajstić information content (AvgIpc) is 3.30. The zero-order valence-corrected chi connectivity index (χ0v) is 21.1. The number of benzene rings is 1. The Morgan fingerprint density at radius 2 is 2.00 bits per heavy atom. The first-order valence-corrected chi connectivity index (χ1v) is 11.4. The zero-order chi connectivity index (χ0) is 20.3. The minimum Gasteiger partial charge on any atom is -0.381 e. The Kier molecular flexibility index (Phi) is 11.7. The maximum atomic E-state index is 6.05. The van der Waals surface area contributed by atoms with Gasteiger partial charge in [-0.1, -0.05) is 37.3 Å². The number of hydrogen-bond donors (Lipinski definition) is 2. The molecule has 0 aliphatic carbocycles. The Balaban J connectivity index is 0.00000320. The Hall–Kier alpha value is -1.16. The van der Waals surface area contributed by atoms with Gasteiger partial charge in [0.1, 0.15) is 0 Å². The third-order valence-corrected chi connectivity index (χ3v) is 6.12. The molecule has 2 heterocycles. The lowest BCUT2D eigenvalue weighted by Crippen LogP contribution is -2.39. The number of nitrogens with one attached hydrogen (secondary N) is 2. The highest BCUT2D eigenvalue weighted by atomic mass is 127. The predicted molar refractivity (Wildman–Crippen MR) is 136 cm³/mol. The number of guanidine groups is 1. The summed E-state index contributed by atoms with van der Waals surface area (Å²) in [4.78, 5) is 6.16. The molecule has 1 saturated heterocycles. The van der Waals surface area contributed by atoms with Gasteiger partial charge in [-0.2, -0.15) is 0 Å². The van der Waals surface area contributed by atoms with Crippen LogP contribution in [0.1, 0.15) is 48.6 Å². The zero-order valence-electron chi connectivity index (χ0n) is 17.9. The molecule has 1 unspecified atom stereocenters. The fourth-order valence-electron chi connectivity index (χ4n) is 3.31. The number of rotatable bonds is 9. The van der Waals surface area contributed by atoms with Gasteiger partial charge in [-0.25, -0.2) is 4.99 Å². The predicted octanol–water partition coefficient (Wildman–Crippen LogP) is 4.92. The second-order valence-electron chi connectivity index (χ2n) is 7.44. The molecule has 30 heavy (non-hydrogen) atoms. The van der Waals surface area contributed by atoms with Crippen LogP contribution in [0.2, 0.25) is 0 Å². The fourth-order valence-corrected chi connectivity index (χ4v) is 4.10. The van der Waals surface area contributed by atoms with Gasteiger partial charge in [0.05, 0.1) is 19.3 Å². The van der Waals surface area contributed by atoms with E-state index in [9.17, 15) is 0 Å². The molecule has 2 aromatic rings. The largest absolute Gasteiger partial charge is 0.381 e. The third kappa shape index (κ3) is 8.53. The van der Waals surface area contributed by atoms with Crippen molar-refractivity contribution < 1.29 is 9.47 Å². The minimum atomic E-state index is 0. The van der Waals surface area contributed by atoms with Gasteiger partial charge >= 0.3 is 0 Å². The first kappa shape index (κ1) is 25.1. The van der Waals surface area contributed by atoms with E-state index in [2.05, 4.69) is 66.3 Å². The molecule has 2 N–H and O–H groups in total. The molecule has 0 bridgehead atoms. The van der Waals surface area contributed by atoms with Crippen LogP contribution in [-0.2, 0) is 22.6 Å². The monoisotopic (exact) mass is 543 g/mol. The maximum absolute atomic E-state index is 6.05. The topological polar surface area (TPSA) is 54.9 Å². The second-order valence-corrected chi connectivity index (χ2v) is 8.41. The SMILES string of the molecule is CCNC(=NCc1cccc(COC2CCOCC2)c1)NCC(C)c1cccs1.I. The van der Waals surface area contributed by atoms with Crippen molar-refractivity contribution >= 4 is 41.3 Å². The van der Waals surface area contributed by atoms with E-state index in [1.54, 1.807) is 11.3 Å². The van der Waals surface area contributed by atoms with Crippen LogP contribution in [0.15, 0.2) is 46.8 Å². The highest BCUT2D eigenvalue weighted by Gasteiger charge is 2.14. The van der Waals surface area contributed by atoms with Crippen molar-refractivity contribution in [2.24, 2.45) is 4.99 Å². The van der Waals surface area contributed by atoms with Crippen molar-refractivity contribution in [3.8, 4) is 0 Å². The summed E-state index contributed by atoms with van der Waals surface area (Å²) >= 11 is 1.80. The van der Waals surface area contributed by atoms with E-state index in [4.69, 9.17) is 14.5 Å². The first-order valence-electron chi connectivity index (χ1n) is 10.6. The van der Waals surface area contributed by atoms with E-state index >= 15 is 0 Å². The number of thiophene rings is 1. The lowest BCUT2D eigenvalue weighted by Gasteiger charge is -2.22. The molecular weight excluding hydrogens is 509 g/mol. The van der Waals surface area contributed by atoms with Crippen LogP contribution in [0.4, 0.5) is 0 Å². The van der Waals surface area contributed by atoms with Crippen LogP contribution < -0.4 is 10.6 Å². The molecule has 5 nitrogen and oxygen atoms in total. The molecule has 1 aliphatic heterocycles. The molecule has 1 atom stereocenters.